The first-order valence-corrected chi connectivity index (χ1v) is 7.94. The average Bonchev–Trinajstić information content (AvgIpc) is 2.45. The molecule has 1 atom stereocenters. The van der Waals surface area contributed by atoms with Gasteiger partial charge in [0.15, 0.2) is 11.5 Å². The van der Waals surface area contributed by atoms with Crippen molar-refractivity contribution in [2.45, 2.75) is 52.4 Å². The zero-order chi connectivity index (χ0) is 19.9. The Labute approximate surface area is 150 Å². The van der Waals surface area contributed by atoms with Gasteiger partial charge in [0.2, 0.25) is 0 Å². The normalized spacial score (nSPS) is 12.4. The molecule has 0 spiro atoms. The van der Waals surface area contributed by atoms with Gasteiger partial charge in [0.05, 0.1) is 19.1 Å². The molecule has 0 radical (unpaired) electrons. The third-order valence-corrected chi connectivity index (χ3v) is 2.96. The van der Waals surface area contributed by atoms with Crippen molar-refractivity contribution in [3.05, 3.63) is 23.8 Å². The molecule has 1 aromatic carbocycles. The van der Waals surface area contributed by atoms with Crippen LogP contribution >= 0.6 is 0 Å². The molecule has 1 aromatic rings. The number of carboxylic acids is 1. The van der Waals surface area contributed by atoms with Gasteiger partial charge >= 0.3 is 18.7 Å². The molecule has 7 nitrogen and oxygen atoms in total. The molecule has 0 fully saturated rings. The molecule has 0 heterocycles. The summed E-state index contributed by atoms with van der Waals surface area (Å²) in [5.41, 5.74) is -0.410. The third-order valence-electron chi connectivity index (χ3n) is 2.96. The van der Waals surface area contributed by atoms with Gasteiger partial charge in [0.25, 0.3) is 0 Å². The first-order chi connectivity index (χ1) is 12.0. The van der Waals surface area contributed by atoms with Crippen LogP contribution in [0.25, 0.3) is 0 Å². The highest BCUT2D eigenvalue weighted by atomic mass is 19.3. The Hall–Kier alpha value is -2.58. The monoisotopic (exact) mass is 375 g/mol. The van der Waals surface area contributed by atoms with Gasteiger partial charge in [0, 0.05) is 0 Å². The SMILES string of the molecule is CCOc1cc([C@H](CC(=O)O)NC(=O)OC(C)(C)C)ccc1OC(F)F. The van der Waals surface area contributed by atoms with E-state index < -0.39 is 36.7 Å². The fourth-order valence-electron chi connectivity index (χ4n) is 2.08. The molecule has 0 aliphatic rings. The number of hydrogen-bond donors (Lipinski definition) is 2. The number of ether oxygens (including phenoxy) is 3. The van der Waals surface area contributed by atoms with Crippen LogP contribution in [0.2, 0.25) is 0 Å². The van der Waals surface area contributed by atoms with Crippen molar-refractivity contribution in [3.8, 4) is 11.5 Å². The number of halogens is 2. The van der Waals surface area contributed by atoms with Crippen LogP contribution in [-0.4, -0.2) is 36.0 Å². The number of alkyl carbamates (subject to hydrolysis) is 1. The van der Waals surface area contributed by atoms with Crippen molar-refractivity contribution < 1.29 is 37.7 Å². The number of carbonyl (C=O) groups is 2. The Morgan fingerprint density at radius 2 is 1.88 bits per heavy atom. The Balaban J connectivity index is 3.10. The zero-order valence-electron chi connectivity index (χ0n) is 15.0. The highest BCUT2D eigenvalue weighted by molar-refractivity contribution is 5.72. The van der Waals surface area contributed by atoms with E-state index in [2.05, 4.69) is 10.1 Å². The number of alkyl halides is 2. The van der Waals surface area contributed by atoms with Crippen molar-refractivity contribution >= 4 is 12.1 Å². The van der Waals surface area contributed by atoms with E-state index in [4.69, 9.17) is 14.6 Å². The zero-order valence-corrected chi connectivity index (χ0v) is 15.0. The number of rotatable bonds is 8. The van der Waals surface area contributed by atoms with Gasteiger partial charge in [-0.15, -0.1) is 0 Å². The summed E-state index contributed by atoms with van der Waals surface area (Å²) in [6.45, 7) is 3.82. The van der Waals surface area contributed by atoms with Crippen molar-refractivity contribution in [1.29, 1.82) is 0 Å². The molecule has 26 heavy (non-hydrogen) atoms. The smallest absolute Gasteiger partial charge is 0.408 e. The number of carboxylic acid groups (broad SMARTS) is 1. The molecule has 0 unspecified atom stereocenters. The fourth-order valence-corrected chi connectivity index (χ4v) is 2.08. The second-order valence-electron chi connectivity index (χ2n) is 6.31. The molecule has 1 amide bonds. The quantitative estimate of drug-likeness (QED) is 0.719. The Kier molecular flexibility index (Phi) is 7.60. The van der Waals surface area contributed by atoms with Gasteiger partial charge in [-0.05, 0) is 45.4 Å². The second kappa shape index (κ2) is 9.21. The largest absolute Gasteiger partial charge is 0.490 e. The molecule has 0 aliphatic heterocycles. The van der Waals surface area contributed by atoms with Crippen molar-refractivity contribution in [1.82, 2.24) is 5.32 Å². The second-order valence-corrected chi connectivity index (χ2v) is 6.31. The number of hydrogen-bond acceptors (Lipinski definition) is 5. The minimum Gasteiger partial charge on any atom is -0.490 e. The molecule has 9 heteroatoms. The minimum atomic E-state index is -3.03. The van der Waals surface area contributed by atoms with Gasteiger partial charge in [-0.25, -0.2) is 4.79 Å². The van der Waals surface area contributed by atoms with E-state index in [1.165, 1.54) is 18.2 Å². The Bertz CT molecular complexity index is 630. The lowest BCUT2D eigenvalue weighted by Crippen LogP contribution is -2.35. The molecular weight excluding hydrogens is 352 g/mol. The number of benzene rings is 1. The lowest BCUT2D eigenvalue weighted by molar-refractivity contribution is -0.137. The van der Waals surface area contributed by atoms with Crippen molar-refractivity contribution in [3.63, 3.8) is 0 Å². The maximum absolute atomic E-state index is 12.5. The van der Waals surface area contributed by atoms with Gasteiger partial charge in [-0.1, -0.05) is 6.07 Å². The van der Waals surface area contributed by atoms with Gasteiger partial charge < -0.3 is 24.6 Å². The summed E-state index contributed by atoms with van der Waals surface area (Å²) in [4.78, 5) is 23.1. The molecule has 0 bridgehead atoms. The van der Waals surface area contributed by atoms with E-state index in [0.717, 1.165) is 0 Å². The molecule has 0 aliphatic carbocycles. The van der Waals surface area contributed by atoms with Crippen molar-refractivity contribution in [2.75, 3.05) is 6.61 Å². The third kappa shape index (κ3) is 7.54. The fraction of sp³-hybridized carbons (Fsp3) is 0.529. The van der Waals surface area contributed by atoms with E-state index in [1.807, 2.05) is 0 Å². The summed E-state index contributed by atoms with van der Waals surface area (Å²) >= 11 is 0. The average molecular weight is 375 g/mol. The van der Waals surface area contributed by atoms with Crippen LogP contribution < -0.4 is 14.8 Å². The van der Waals surface area contributed by atoms with Crippen LogP contribution in [0.3, 0.4) is 0 Å². The lowest BCUT2D eigenvalue weighted by atomic mass is 10.0. The summed E-state index contributed by atoms with van der Waals surface area (Å²) in [6, 6.07) is 3.03. The molecular formula is C17H23F2NO6. The van der Waals surface area contributed by atoms with Crippen LogP contribution in [0.5, 0.6) is 11.5 Å². The number of carbonyl (C=O) groups excluding carboxylic acids is 1. The summed E-state index contributed by atoms with van der Waals surface area (Å²) in [6.07, 6.45) is -1.23. The van der Waals surface area contributed by atoms with Crippen LogP contribution in [0.15, 0.2) is 18.2 Å². The van der Waals surface area contributed by atoms with E-state index in [-0.39, 0.29) is 18.1 Å². The minimum absolute atomic E-state index is 0.0201. The summed E-state index contributed by atoms with van der Waals surface area (Å²) in [5, 5.41) is 11.6. The number of amides is 1. The Morgan fingerprint density at radius 1 is 1.23 bits per heavy atom. The van der Waals surface area contributed by atoms with E-state index in [9.17, 15) is 18.4 Å². The molecule has 0 saturated carbocycles. The highest BCUT2D eigenvalue weighted by Gasteiger charge is 2.24. The van der Waals surface area contributed by atoms with Crippen LogP contribution in [-0.2, 0) is 9.53 Å². The predicted molar refractivity (Wildman–Crippen MR) is 88.6 cm³/mol. The number of aliphatic carboxylic acids is 1. The molecule has 146 valence electrons. The van der Waals surface area contributed by atoms with E-state index >= 15 is 0 Å². The highest BCUT2D eigenvalue weighted by Crippen LogP contribution is 2.32. The maximum atomic E-state index is 12.5. The molecule has 0 aromatic heterocycles. The van der Waals surface area contributed by atoms with E-state index in [1.54, 1.807) is 27.7 Å². The summed E-state index contributed by atoms with van der Waals surface area (Å²) in [5.74, 6) is -1.32. The maximum Gasteiger partial charge on any atom is 0.408 e. The topological polar surface area (TPSA) is 94.1 Å². The van der Waals surface area contributed by atoms with Gasteiger partial charge in [0.1, 0.15) is 5.60 Å². The van der Waals surface area contributed by atoms with Crippen LogP contribution in [0, 0.1) is 0 Å². The standard InChI is InChI=1S/C17H23F2NO6/c1-5-24-13-8-10(6-7-12(13)25-15(18)19)11(9-14(21)22)20-16(23)26-17(2,3)4/h6-8,11,15H,5,9H2,1-4H3,(H,20,23)(H,21,22)/t11-/m0/s1. The summed E-state index contributed by atoms with van der Waals surface area (Å²) < 4.78 is 39.7. The molecule has 0 saturated heterocycles. The number of nitrogens with one attached hydrogen (secondary N) is 1. The lowest BCUT2D eigenvalue weighted by Gasteiger charge is -2.23. The Morgan fingerprint density at radius 3 is 2.38 bits per heavy atom. The first kappa shape index (κ1) is 21.5. The predicted octanol–water partition coefficient (Wildman–Crippen LogP) is 3.73. The van der Waals surface area contributed by atoms with Crippen LogP contribution in [0.4, 0.5) is 13.6 Å². The van der Waals surface area contributed by atoms with E-state index in [0.29, 0.717) is 5.56 Å². The van der Waals surface area contributed by atoms with Crippen molar-refractivity contribution in [2.24, 2.45) is 0 Å². The molecule has 2 N–H and O–H groups in total. The van der Waals surface area contributed by atoms with Gasteiger partial charge in [-0.3, -0.25) is 4.79 Å². The first-order valence-electron chi connectivity index (χ1n) is 7.94. The molecule has 1 rings (SSSR count). The van der Waals surface area contributed by atoms with Gasteiger partial charge in [-0.2, -0.15) is 8.78 Å². The summed E-state index contributed by atoms with van der Waals surface area (Å²) in [7, 11) is 0. The van der Waals surface area contributed by atoms with Crippen LogP contribution in [0.1, 0.15) is 45.7 Å².